The molecule has 0 saturated carbocycles. The Morgan fingerprint density at radius 3 is 2.60 bits per heavy atom. The molecule has 0 bridgehead atoms. The third-order valence-corrected chi connectivity index (χ3v) is 3.85. The lowest BCUT2D eigenvalue weighted by molar-refractivity contribution is -0.122. The first-order chi connectivity index (χ1) is 12.0. The SMILES string of the molecule is Cc1cc(NC(=O)[C@H](C)Oc2ccc(Br)cc2)n(-c2ncccn2)n1. The van der Waals surface area contributed by atoms with Gasteiger partial charge in [-0.15, -0.1) is 0 Å². The van der Waals surface area contributed by atoms with Gasteiger partial charge in [0.1, 0.15) is 11.6 Å². The first-order valence-corrected chi connectivity index (χ1v) is 8.39. The summed E-state index contributed by atoms with van der Waals surface area (Å²) in [5.41, 5.74) is 0.740. The lowest BCUT2D eigenvalue weighted by atomic mass is 10.3. The zero-order valence-electron chi connectivity index (χ0n) is 13.7. The van der Waals surface area contributed by atoms with Crippen LogP contribution in [0, 0.1) is 6.92 Å². The second-order valence-electron chi connectivity index (χ2n) is 5.33. The van der Waals surface area contributed by atoms with E-state index >= 15 is 0 Å². The maximum absolute atomic E-state index is 12.4. The highest BCUT2D eigenvalue weighted by atomic mass is 79.9. The summed E-state index contributed by atoms with van der Waals surface area (Å²) in [6.07, 6.45) is 2.55. The molecular formula is C17H16BrN5O2. The smallest absolute Gasteiger partial charge is 0.266 e. The standard InChI is InChI=1S/C17H16BrN5O2/c1-11-10-15(23(22-11)17-19-8-3-9-20-17)21-16(24)12(2)25-14-6-4-13(18)5-7-14/h3-10,12H,1-2H3,(H,21,24)/t12-/m0/s1. The van der Waals surface area contributed by atoms with Gasteiger partial charge in [0.15, 0.2) is 6.10 Å². The summed E-state index contributed by atoms with van der Waals surface area (Å²) >= 11 is 3.36. The molecule has 1 aromatic carbocycles. The van der Waals surface area contributed by atoms with E-state index in [1.807, 2.05) is 19.1 Å². The second-order valence-corrected chi connectivity index (χ2v) is 6.25. The molecule has 7 nitrogen and oxygen atoms in total. The van der Waals surface area contributed by atoms with Gasteiger partial charge in [-0.1, -0.05) is 15.9 Å². The van der Waals surface area contributed by atoms with E-state index < -0.39 is 6.10 Å². The number of carbonyl (C=O) groups is 1. The maximum atomic E-state index is 12.4. The maximum Gasteiger partial charge on any atom is 0.266 e. The van der Waals surface area contributed by atoms with E-state index in [1.54, 1.807) is 43.6 Å². The van der Waals surface area contributed by atoms with Crippen LogP contribution in [0.1, 0.15) is 12.6 Å². The van der Waals surface area contributed by atoms with E-state index in [2.05, 4.69) is 36.3 Å². The van der Waals surface area contributed by atoms with E-state index in [1.165, 1.54) is 4.68 Å². The van der Waals surface area contributed by atoms with Gasteiger partial charge in [0.2, 0.25) is 0 Å². The summed E-state index contributed by atoms with van der Waals surface area (Å²) in [5, 5.41) is 7.13. The monoisotopic (exact) mass is 401 g/mol. The van der Waals surface area contributed by atoms with Crippen LogP contribution in [0.4, 0.5) is 5.82 Å². The van der Waals surface area contributed by atoms with Crippen LogP contribution in [0.15, 0.2) is 53.3 Å². The molecule has 0 fully saturated rings. The highest BCUT2D eigenvalue weighted by Gasteiger charge is 2.18. The topological polar surface area (TPSA) is 81.9 Å². The number of hydrogen-bond donors (Lipinski definition) is 1. The number of benzene rings is 1. The van der Waals surface area contributed by atoms with E-state index in [0.29, 0.717) is 17.5 Å². The molecule has 0 radical (unpaired) electrons. The van der Waals surface area contributed by atoms with Gasteiger partial charge < -0.3 is 10.1 Å². The number of ether oxygens (including phenoxy) is 1. The van der Waals surface area contributed by atoms with Crippen molar-refractivity contribution in [3.8, 4) is 11.7 Å². The Labute approximate surface area is 153 Å². The molecule has 0 aliphatic carbocycles. The fourth-order valence-corrected chi connectivity index (χ4v) is 2.40. The van der Waals surface area contributed by atoms with Crippen molar-refractivity contribution in [2.45, 2.75) is 20.0 Å². The van der Waals surface area contributed by atoms with Crippen LogP contribution in [-0.4, -0.2) is 31.8 Å². The Bertz CT molecular complexity index is 865. The van der Waals surface area contributed by atoms with Gasteiger partial charge in [0, 0.05) is 22.9 Å². The predicted molar refractivity (Wildman–Crippen MR) is 96.8 cm³/mol. The molecule has 0 unspecified atom stereocenters. The summed E-state index contributed by atoms with van der Waals surface area (Å²) in [7, 11) is 0. The highest BCUT2D eigenvalue weighted by molar-refractivity contribution is 9.10. The Hall–Kier alpha value is -2.74. The summed E-state index contributed by atoms with van der Waals surface area (Å²) in [5.74, 6) is 1.19. The molecule has 25 heavy (non-hydrogen) atoms. The molecule has 3 aromatic rings. The summed E-state index contributed by atoms with van der Waals surface area (Å²) in [6, 6.07) is 10.8. The molecule has 0 aliphatic rings. The number of halogens is 1. The molecule has 1 atom stereocenters. The summed E-state index contributed by atoms with van der Waals surface area (Å²) < 4.78 is 8.09. The lowest BCUT2D eigenvalue weighted by Crippen LogP contribution is -2.31. The van der Waals surface area contributed by atoms with Crippen molar-refractivity contribution in [1.82, 2.24) is 19.7 Å². The molecule has 128 valence electrons. The average Bonchev–Trinajstić information content (AvgIpc) is 2.98. The van der Waals surface area contributed by atoms with Gasteiger partial charge in [-0.25, -0.2) is 9.97 Å². The molecule has 2 aromatic heterocycles. The number of carbonyl (C=O) groups excluding carboxylic acids is 1. The van der Waals surface area contributed by atoms with Crippen LogP contribution >= 0.6 is 15.9 Å². The summed E-state index contributed by atoms with van der Waals surface area (Å²) in [4.78, 5) is 20.8. The minimum absolute atomic E-state index is 0.292. The largest absolute Gasteiger partial charge is 0.481 e. The van der Waals surface area contributed by atoms with Crippen molar-refractivity contribution >= 4 is 27.7 Å². The lowest BCUT2D eigenvalue weighted by Gasteiger charge is -2.15. The van der Waals surface area contributed by atoms with Crippen LogP contribution in [-0.2, 0) is 4.79 Å². The first kappa shape index (κ1) is 17.1. The molecule has 0 aliphatic heterocycles. The number of amides is 1. The normalized spacial score (nSPS) is 11.8. The van der Waals surface area contributed by atoms with Gasteiger partial charge in [-0.3, -0.25) is 4.79 Å². The van der Waals surface area contributed by atoms with Gasteiger partial charge in [-0.05, 0) is 44.2 Å². The molecule has 0 saturated heterocycles. The zero-order valence-corrected chi connectivity index (χ0v) is 15.3. The predicted octanol–water partition coefficient (Wildman–Crippen LogP) is 3.14. The summed E-state index contributed by atoms with van der Waals surface area (Å²) in [6.45, 7) is 3.51. The van der Waals surface area contributed by atoms with Crippen molar-refractivity contribution < 1.29 is 9.53 Å². The molecule has 0 spiro atoms. The fourth-order valence-electron chi connectivity index (χ4n) is 2.14. The number of hydrogen-bond acceptors (Lipinski definition) is 5. The molecule has 1 amide bonds. The van der Waals surface area contributed by atoms with Crippen LogP contribution < -0.4 is 10.1 Å². The van der Waals surface area contributed by atoms with E-state index in [0.717, 1.165) is 10.2 Å². The molecule has 1 N–H and O–H groups in total. The molecule has 8 heteroatoms. The van der Waals surface area contributed by atoms with Crippen LogP contribution in [0.2, 0.25) is 0 Å². The Morgan fingerprint density at radius 1 is 1.24 bits per heavy atom. The number of rotatable bonds is 5. The molecule has 3 rings (SSSR count). The number of anilines is 1. The van der Waals surface area contributed by atoms with Gasteiger partial charge >= 0.3 is 0 Å². The highest BCUT2D eigenvalue weighted by Crippen LogP contribution is 2.18. The van der Waals surface area contributed by atoms with Crippen molar-refractivity contribution in [3.63, 3.8) is 0 Å². The average molecular weight is 402 g/mol. The van der Waals surface area contributed by atoms with Gasteiger partial charge in [0.05, 0.1) is 5.69 Å². The van der Waals surface area contributed by atoms with Crippen molar-refractivity contribution in [3.05, 3.63) is 59.0 Å². The van der Waals surface area contributed by atoms with Crippen LogP contribution in [0.25, 0.3) is 5.95 Å². The van der Waals surface area contributed by atoms with Gasteiger partial charge in [0.25, 0.3) is 11.9 Å². The minimum Gasteiger partial charge on any atom is -0.481 e. The number of aryl methyl sites for hydroxylation is 1. The van der Waals surface area contributed by atoms with Crippen molar-refractivity contribution in [2.75, 3.05) is 5.32 Å². The molecular weight excluding hydrogens is 386 g/mol. The Balaban J connectivity index is 1.73. The third-order valence-electron chi connectivity index (χ3n) is 3.32. The Morgan fingerprint density at radius 2 is 1.92 bits per heavy atom. The van der Waals surface area contributed by atoms with Crippen molar-refractivity contribution in [2.24, 2.45) is 0 Å². The molecule has 2 heterocycles. The number of aromatic nitrogens is 4. The van der Waals surface area contributed by atoms with Gasteiger partial charge in [-0.2, -0.15) is 9.78 Å². The fraction of sp³-hybridized carbons (Fsp3) is 0.176. The quantitative estimate of drug-likeness (QED) is 0.709. The Kier molecular flexibility index (Phi) is 5.08. The van der Waals surface area contributed by atoms with Crippen LogP contribution in [0.3, 0.4) is 0 Å². The number of nitrogens with one attached hydrogen (secondary N) is 1. The first-order valence-electron chi connectivity index (χ1n) is 7.60. The zero-order chi connectivity index (χ0) is 17.8. The van der Waals surface area contributed by atoms with E-state index in [-0.39, 0.29) is 5.91 Å². The van der Waals surface area contributed by atoms with E-state index in [9.17, 15) is 4.79 Å². The second kappa shape index (κ2) is 7.43. The minimum atomic E-state index is -0.679. The van der Waals surface area contributed by atoms with Crippen LogP contribution in [0.5, 0.6) is 5.75 Å². The number of nitrogens with zero attached hydrogens (tertiary/aromatic N) is 4. The van der Waals surface area contributed by atoms with Crippen molar-refractivity contribution in [1.29, 1.82) is 0 Å². The van der Waals surface area contributed by atoms with E-state index in [4.69, 9.17) is 4.74 Å². The third kappa shape index (κ3) is 4.21.